The van der Waals surface area contributed by atoms with Gasteiger partial charge in [0.1, 0.15) is 0 Å². The Bertz CT molecular complexity index is 735. The maximum absolute atomic E-state index is 6.16. The van der Waals surface area contributed by atoms with Gasteiger partial charge in [-0.2, -0.15) is 0 Å². The minimum absolute atomic E-state index is 0.776. The molecule has 20 heavy (non-hydrogen) atoms. The maximum Gasteiger partial charge on any atom is 0.0538 e. The van der Waals surface area contributed by atoms with Crippen molar-refractivity contribution in [1.82, 2.24) is 0 Å². The molecule has 0 radical (unpaired) electrons. The van der Waals surface area contributed by atoms with E-state index in [0.29, 0.717) is 0 Å². The van der Waals surface area contributed by atoms with Crippen LogP contribution in [-0.4, -0.2) is 0 Å². The fraction of sp³-hybridized carbons (Fsp3) is 0. The molecule has 3 aromatic carbocycles. The Kier molecular flexibility index (Phi) is 3.57. The molecule has 98 valence electrons. The van der Waals surface area contributed by atoms with Gasteiger partial charge in [0.05, 0.1) is 5.69 Å². The van der Waals surface area contributed by atoms with Gasteiger partial charge in [-0.15, -0.1) is 0 Å². The normalized spacial score (nSPS) is 10.4. The molecule has 0 unspecified atom stereocenters. The molecule has 0 saturated carbocycles. The minimum atomic E-state index is 0.776. The zero-order chi connectivity index (χ0) is 13.9. The molecule has 0 aromatic heterocycles. The minimum Gasteiger partial charge on any atom is -0.397 e. The van der Waals surface area contributed by atoms with Crippen molar-refractivity contribution in [2.24, 2.45) is 0 Å². The molecule has 0 saturated heterocycles. The van der Waals surface area contributed by atoms with E-state index in [1.54, 1.807) is 0 Å². The predicted octanol–water partition coefficient (Wildman–Crippen LogP) is 5.37. The highest BCUT2D eigenvalue weighted by molar-refractivity contribution is 9.10. The Balaban J connectivity index is 2.10. The number of nitrogen functional groups attached to an aromatic ring is 1. The lowest BCUT2D eigenvalue weighted by atomic mass is 9.98. The monoisotopic (exact) mass is 323 g/mol. The molecule has 0 heterocycles. The molecule has 2 N–H and O–H groups in total. The van der Waals surface area contributed by atoms with Crippen LogP contribution in [0.2, 0.25) is 0 Å². The van der Waals surface area contributed by atoms with Crippen molar-refractivity contribution in [3.63, 3.8) is 0 Å². The first kappa shape index (κ1) is 12.9. The van der Waals surface area contributed by atoms with Gasteiger partial charge < -0.3 is 5.73 Å². The van der Waals surface area contributed by atoms with Gasteiger partial charge in [0.25, 0.3) is 0 Å². The number of hydrogen-bond donors (Lipinski definition) is 1. The lowest BCUT2D eigenvalue weighted by Gasteiger charge is -2.09. The summed E-state index contributed by atoms with van der Waals surface area (Å²) in [5.41, 5.74) is 11.5. The van der Waals surface area contributed by atoms with Crippen LogP contribution in [0.5, 0.6) is 0 Å². The molecule has 0 spiro atoms. The summed E-state index contributed by atoms with van der Waals surface area (Å²) in [5.74, 6) is 0. The molecule has 3 rings (SSSR count). The average molecular weight is 324 g/mol. The number of benzene rings is 3. The largest absolute Gasteiger partial charge is 0.397 e. The Morgan fingerprint density at radius 3 is 2.10 bits per heavy atom. The number of nitrogens with two attached hydrogens (primary N) is 1. The topological polar surface area (TPSA) is 26.0 Å². The second-order valence-electron chi connectivity index (χ2n) is 4.65. The molecular weight excluding hydrogens is 310 g/mol. The third kappa shape index (κ3) is 2.47. The Morgan fingerprint density at radius 2 is 1.30 bits per heavy atom. The lowest BCUT2D eigenvalue weighted by molar-refractivity contribution is 1.57. The summed E-state index contributed by atoms with van der Waals surface area (Å²) in [4.78, 5) is 0. The number of hydrogen-bond acceptors (Lipinski definition) is 1. The van der Waals surface area contributed by atoms with Crippen molar-refractivity contribution in [3.8, 4) is 22.3 Å². The molecule has 0 atom stereocenters. The van der Waals surface area contributed by atoms with Crippen molar-refractivity contribution >= 4 is 21.6 Å². The van der Waals surface area contributed by atoms with Gasteiger partial charge in [0.2, 0.25) is 0 Å². The van der Waals surface area contributed by atoms with Crippen LogP contribution < -0.4 is 5.73 Å². The van der Waals surface area contributed by atoms with Crippen LogP contribution >= 0.6 is 15.9 Å². The van der Waals surface area contributed by atoms with E-state index in [1.165, 1.54) is 11.1 Å². The van der Waals surface area contributed by atoms with Gasteiger partial charge in [-0.3, -0.25) is 0 Å². The van der Waals surface area contributed by atoms with Gasteiger partial charge in [-0.1, -0.05) is 60.7 Å². The van der Waals surface area contributed by atoms with Crippen molar-refractivity contribution in [2.45, 2.75) is 0 Å². The summed E-state index contributed by atoms with van der Waals surface area (Å²) in [6.45, 7) is 0. The first-order valence-electron chi connectivity index (χ1n) is 6.45. The smallest absolute Gasteiger partial charge is 0.0538 e. The molecule has 3 aromatic rings. The van der Waals surface area contributed by atoms with Crippen LogP contribution in [0.3, 0.4) is 0 Å². The van der Waals surface area contributed by atoms with Gasteiger partial charge >= 0.3 is 0 Å². The average Bonchev–Trinajstić information content (AvgIpc) is 2.51. The molecular formula is C18H14BrN. The van der Waals surface area contributed by atoms with E-state index in [9.17, 15) is 0 Å². The number of halogens is 1. The molecule has 0 aliphatic heterocycles. The highest BCUT2D eigenvalue weighted by Crippen LogP contribution is 2.33. The Labute approximate surface area is 127 Å². The van der Waals surface area contributed by atoms with E-state index >= 15 is 0 Å². The first-order chi connectivity index (χ1) is 9.75. The van der Waals surface area contributed by atoms with Crippen molar-refractivity contribution < 1.29 is 0 Å². The molecule has 0 amide bonds. The summed E-state index contributed by atoms with van der Waals surface area (Å²) < 4.78 is 0.931. The molecule has 0 fully saturated rings. The van der Waals surface area contributed by atoms with Crippen molar-refractivity contribution in [3.05, 3.63) is 77.3 Å². The number of para-hydroxylation sites is 1. The van der Waals surface area contributed by atoms with Crippen LogP contribution in [0, 0.1) is 0 Å². The highest BCUT2D eigenvalue weighted by Gasteiger charge is 2.06. The summed E-state index contributed by atoms with van der Waals surface area (Å²) >= 11 is 3.48. The van der Waals surface area contributed by atoms with Crippen LogP contribution in [0.1, 0.15) is 0 Å². The Morgan fingerprint density at radius 1 is 0.650 bits per heavy atom. The number of rotatable bonds is 2. The quantitative estimate of drug-likeness (QED) is 0.631. The molecule has 0 bridgehead atoms. The van der Waals surface area contributed by atoms with E-state index < -0.39 is 0 Å². The SMILES string of the molecule is Nc1c(Br)cccc1-c1cccc(-c2ccccc2)c1. The van der Waals surface area contributed by atoms with Gasteiger partial charge in [0.15, 0.2) is 0 Å². The van der Waals surface area contributed by atoms with E-state index in [2.05, 4.69) is 64.5 Å². The van der Waals surface area contributed by atoms with E-state index in [4.69, 9.17) is 5.73 Å². The van der Waals surface area contributed by atoms with Gasteiger partial charge in [-0.05, 0) is 44.8 Å². The van der Waals surface area contributed by atoms with E-state index in [1.807, 2.05) is 24.3 Å². The molecule has 2 heteroatoms. The predicted molar refractivity (Wildman–Crippen MR) is 89.4 cm³/mol. The number of anilines is 1. The summed E-state index contributed by atoms with van der Waals surface area (Å²) in [6.07, 6.45) is 0. The zero-order valence-electron chi connectivity index (χ0n) is 10.9. The first-order valence-corrected chi connectivity index (χ1v) is 7.25. The molecule has 0 aliphatic rings. The standard InChI is InChI=1S/C18H14BrN/c19-17-11-5-10-16(18(17)20)15-9-4-8-14(12-15)13-6-2-1-3-7-13/h1-12H,20H2. The van der Waals surface area contributed by atoms with Gasteiger partial charge in [-0.25, -0.2) is 0 Å². The summed E-state index contributed by atoms with van der Waals surface area (Å²) in [7, 11) is 0. The maximum atomic E-state index is 6.16. The Hall–Kier alpha value is -2.06. The van der Waals surface area contributed by atoms with Crippen LogP contribution in [0.25, 0.3) is 22.3 Å². The third-order valence-corrected chi connectivity index (χ3v) is 4.03. The molecule has 0 aliphatic carbocycles. The highest BCUT2D eigenvalue weighted by atomic mass is 79.9. The second kappa shape index (κ2) is 5.51. The zero-order valence-corrected chi connectivity index (χ0v) is 12.5. The van der Waals surface area contributed by atoms with Crippen LogP contribution in [-0.2, 0) is 0 Å². The van der Waals surface area contributed by atoms with E-state index in [-0.39, 0.29) is 0 Å². The van der Waals surface area contributed by atoms with E-state index in [0.717, 1.165) is 21.3 Å². The third-order valence-electron chi connectivity index (χ3n) is 3.33. The van der Waals surface area contributed by atoms with Crippen LogP contribution in [0.15, 0.2) is 77.3 Å². The fourth-order valence-electron chi connectivity index (χ4n) is 2.29. The van der Waals surface area contributed by atoms with Crippen molar-refractivity contribution in [2.75, 3.05) is 5.73 Å². The molecule has 1 nitrogen and oxygen atoms in total. The second-order valence-corrected chi connectivity index (χ2v) is 5.50. The summed E-state index contributed by atoms with van der Waals surface area (Å²) in [5, 5.41) is 0. The van der Waals surface area contributed by atoms with Crippen molar-refractivity contribution in [1.29, 1.82) is 0 Å². The lowest BCUT2D eigenvalue weighted by Crippen LogP contribution is -1.91. The van der Waals surface area contributed by atoms with Gasteiger partial charge in [0, 0.05) is 10.0 Å². The summed E-state index contributed by atoms with van der Waals surface area (Å²) in [6, 6.07) is 24.8. The van der Waals surface area contributed by atoms with Crippen LogP contribution in [0.4, 0.5) is 5.69 Å². The fourth-order valence-corrected chi connectivity index (χ4v) is 2.65.